The number of carbonyl (C=O) groups excluding carboxylic acids is 3. The van der Waals surface area contributed by atoms with Crippen LogP contribution in [0.5, 0.6) is 0 Å². The van der Waals surface area contributed by atoms with E-state index in [1.165, 1.54) is 0 Å². The summed E-state index contributed by atoms with van der Waals surface area (Å²) in [4.78, 5) is 30.8. The lowest BCUT2D eigenvalue weighted by Crippen LogP contribution is -2.49. The summed E-state index contributed by atoms with van der Waals surface area (Å²) in [5.41, 5.74) is 0. The number of nitrogens with one attached hydrogen (secondary N) is 2. The van der Waals surface area contributed by atoms with Gasteiger partial charge in [0.15, 0.2) is 0 Å². The van der Waals surface area contributed by atoms with E-state index in [0.29, 0.717) is 0 Å². The minimum atomic E-state index is -0.740. The Hall–Kier alpha value is -1.90. The fraction of sp³-hybridized carbons (Fsp3) is 0.200. The predicted molar refractivity (Wildman–Crippen MR) is 33.0 cm³/mol. The molecule has 0 atom stereocenters. The molecule has 58 valence electrons. The molecule has 0 saturated carbocycles. The van der Waals surface area contributed by atoms with Gasteiger partial charge in [-0.1, -0.05) is 0 Å². The summed E-state index contributed by atoms with van der Waals surface area (Å²) in [6.45, 7) is 3.50. The highest BCUT2D eigenvalue weighted by molar-refractivity contribution is 6.14. The minimum absolute atomic E-state index is 0.258. The largest absolute Gasteiger partial charge is 0.328 e. The summed E-state index contributed by atoms with van der Waals surface area (Å²) in [6.07, 6.45) is -0.258. The Kier molecular flexibility index (Phi) is 3.31. The van der Waals surface area contributed by atoms with Gasteiger partial charge in [0.05, 0.1) is 0 Å². The average Bonchev–Trinajstić information content (AvgIpc) is 1.88. The van der Waals surface area contributed by atoms with Crippen LogP contribution in [-0.4, -0.2) is 17.8 Å². The highest BCUT2D eigenvalue weighted by atomic mass is 16.2. The zero-order valence-electron chi connectivity index (χ0n) is 5.46. The van der Waals surface area contributed by atoms with Crippen LogP contribution in [0.4, 0.5) is 4.79 Å². The second-order valence-corrected chi connectivity index (χ2v) is 1.60. The number of hydrogen-bond acceptors (Lipinski definition) is 4. The Bertz CT molecular complexity index is 175. The van der Waals surface area contributed by atoms with Crippen LogP contribution in [0.3, 0.4) is 0 Å². The Labute approximate surface area is 62.2 Å². The number of barbiturate groups is 1. The number of amides is 4. The second-order valence-electron chi connectivity index (χ2n) is 1.60. The molecule has 0 spiro atoms. The van der Waals surface area contributed by atoms with Crippen molar-refractivity contribution in [2.75, 3.05) is 0 Å². The van der Waals surface area contributed by atoms with Crippen molar-refractivity contribution in [2.24, 2.45) is 0 Å². The van der Waals surface area contributed by atoms with Gasteiger partial charge in [-0.15, -0.1) is 0 Å². The predicted octanol–water partition coefficient (Wildman–Crippen LogP) is -1.12. The molecule has 2 N–H and O–H groups in total. The summed E-state index contributed by atoms with van der Waals surface area (Å²) in [5, 5.41) is 10.3. The first-order chi connectivity index (χ1) is 5.18. The topological polar surface area (TPSA) is 99.1 Å². The molecular weight excluding hydrogens is 150 g/mol. The van der Waals surface area contributed by atoms with E-state index in [4.69, 9.17) is 5.26 Å². The van der Waals surface area contributed by atoms with Gasteiger partial charge in [0.1, 0.15) is 6.42 Å². The molecule has 1 aliphatic heterocycles. The average molecular weight is 155 g/mol. The van der Waals surface area contributed by atoms with E-state index in [2.05, 4.69) is 6.57 Å². The molecule has 6 nitrogen and oxygen atoms in total. The van der Waals surface area contributed by atoms with Gasteiger partial charge in [-0.2, -0.15) is 0 Å². The van der Waals surface area contributed by atoms with Crippen LogP contribution < -0.4 is 10.6 Å². The summed E-state index contributed by atoms with van der Waals surface area (Å²) in [5.74, 6) is -1.10. The fourth-order valence-corrected chi connectivity index (χ4v) is 0.519. The summed E-state index contributed by atoms with van der Waals surface area (Å²) in [7, 11) is 0. The third kappa shape index (κ3) is 2.95. The molecule has 1 saturated heterocycles. The first-order valence-electron chi connectivity index (χ1n) is 2.58. The van der Waals surface area contributed by atoms with Crippen molar-refractivity contribution >= 4 is 17.8 Å². The molecule has 0 bridgehead atoms. The lowest BCUT2D eigenvalue weighted by molar-refractivity contribution is -0.129. The number of nitrogens with zero attached hydrogens (tertiary/aromatic N) is 1. The van der Waals surface area contributed by atoms with Crippen LogP contribution in [0.1, 0.15) is 6.42 Å². The van der Waals surface area contributed by atoms with Crippen molar-refractivity contribution < 1.29 is 14.4 Å². The van der Waals surface area contributed by atoms with Crippen LogP contribution in [0.25, 0.3) is 0 Å². The van der Waals surface area contributed by atoms with Crippen molar-refractivity contribution in [1.29, 1.82) is 5.26 Å². The van der Waals surface area contributed by atoms with Gasteiger partial charge in [-0.25, -0.2) is 10.1 Å². The molecule has 0 radical (unpaired) electrons. The molecule has 0 aromatic rings. The van der Waals surface area contributed by atoms with Gasteiger partial charge in [0, 0.05) is 6.57 Å². The highest BCUT2D eigenvalue weighted by Crippen LogP contribution is 1.85. The van der Waals surface area contributed by atoms with Gasteiger partial charge in [0.25, 0.3) is 0 Å². The number of nitriles is 1. The van der Waals surface area contributed by atoms with Crippen LogP contribution in [0, 0.1) is 11.8 Å². The lowest BCUT2D eigenvalue weighted by atomic mass is 10.3. The van der Waals surface area contributed by atoms with E-state index < -0.39 is 17.8 Å². The van der Waals surface area contributed by atoms with E-state index in [9.17, 15) is 14.4 Å². The number of hydrogen-bond donors (Lipinski definition) is 2. The van der Waals surface area contributed by atoms with E-state index in [-0.39, 0.29) is 6.42 Å². The first kappa shape index (κ1) is 9.10. The Morgan fingerprint density at radius 1 is 1.09 bits per heavy atom. The Morgan fingerprint density at radius 2 is 1.45 bits per heavy atom. The first-order valence-corrected chi connectivity index (χ1v) is 2.58. The molecule has 1 aliphatic rings. The highest BCUT2D eigenvalue weighted by Gasteiger charge is 2.20. The number of rotatable bonds is 0. The van der Waals surface area contributed by atoms with Gasteiger partial charge in [-0.05, 0) is 0 Å². The molecule has 4 amide bonds. The van der Waals surface area contributed by atoms with E-state index in [0.717, 1.165) is 0 Å². The van der Waals surface area contributed by atoms with Crippen molar-refractivity contribution in [2.45, 2.75) is 6.42 Å². The molecule has 1 rings (SSSR count). The van der Waals surface area contributed by atoms with Gasteiger partial charge < -0.3 is 0 Å². The van der Waals surface area contributed by atoms with Crippen LogP contribution in [0.15, 0.2) is 0 Å². The summed E-state index contributed by atoms with van der Waals surface area (Å²) >= 11 is 0. The monoisotopic (exact) mass is 155 g/mol. The van der Waals surface area contributed by atoms with Crippen molar-refractivity contribution in [3.63, 3.8) is 0 Å². The molecule has 1 fully saturated rings. The van der Waals surface area contributed by atoms with E-state index >= 15 is 0 Å². The SMILES string of the molecule is C#N.O=C1CC(=O)NC(=O)N1. The van der Waals surface area contributed by atoms with Gasteiger partial charge >= 0.3 is 6.03 Å². The lowest BCUT2D eigenvalue weighted by Gasteiger charge is -2.09. The Morgan fingerprint density at radius 3 is 1.73 bits per heavy atom. The molecular formula is C5H5N3O3. The quantitative estimate of drug-likeness (QED) is 0.433. The summed E-state index contributed by atoms with van der Waals surface area (Å²) in [6, 6.07) is -0.740. The Balaban J connectivity index is 0.000000461. The third-order valence-electron chi connectivity index (χ3n) is 0.827. The molecule has 6 heteroatoms. The van der Waals surface area contributed by atoms with E-state index in [1.54, 1.807) is 0 Å². The molecule has 11 heavy (non-hydrogen) atoms. The number of urea groups is 1. The normalized spacial score (nSPS) is 15.6. The molecule has 1 heterocycles. The van der Waals surface area contributed by atoms with Crippen molar-refractivity contribution in [1.82, 2.24) is 10.6 Å². The zero-order valence-corrected chi connectivity index (χ0v) is 5.46. The molecule has 0 aromatic carbocycles. The maximum absolute atomic E-state index is 10.3. The maximum Gasteiger partial charge on any atom is 0.328 e. The van der Waals surface area contributed by atoms with Crippen LogP contribution in [0.2, 0.25) is 0 Å². The third-order valence-corrected chi connectivity index (χ3v) is 0.827. The second kappa shape index (κ2) is 4.00. The summed E-state index contributed by atoms with van der Waals surface area (Å²) < 4.78 is 0. The van der Waals surface area contributed by atoms with E-state index in [1.807, 2.05) is 10.6 Å². The fourth-order valence-electron chi connectivity index (χ4n) is 0.519. The standard InChI is InChI=1S/C4H4N2O3.CHN/c7-2-1-3(8)6-4(9)5-2;1-2/h1H2,(H2,5,6,7,8,9);1H. The van der Waals surface area contributed by atoms with Crippen molar-refractivity contribution in [3.05, 3.63) is 0 Å². The van der Waals surface area contributed by atoms with Crippen LogP contribution >= 0.6 is 0 Å². The molecule has 0 aromatic heterocycles. The number of carbonyl (C=O) groups is 3. The van der Waals surface area contributed by atoms with Crippen LogP contribution in [-0.2, 0) is 9.59 Å². The zero-order chi connectivity index (χ0) is 8.85. The smallest absolute Gasteiger partial charge is 0.277 e. The molecule has 0 aliphatic carbocycles. The van der Waals surface area contributed by atoms with Crippen molar-refractivity contribution in [3.8, 4) is 6.57 Å². The molecule has 0 unspecified atom stereocenters. The maximum atomic E-state index is 10.3. The van der Waals surface area contributed by atoms with Gasteiger partial charge in [0.2, 0.25) is 11.8 Å². The van der Waals surface area contributed by atoms with Gasteiger partial charge in [-0.3, -0.25) is 20.2 Å². The number of imide groups is 2. The minimum Gasteiger partial charge on any atom is -0.277 e.